The van der Waals surface area contributed by atoms with E-state index < -0.39 is 0 Å². The Morgan fingerprint density at radius 2 is 1.95 bits per heavy atom. The molecule has 204 valence electrons. The molecule has 0 saturated carbocycles. The summed E-state index contributed by atoms with van der Waals surface area (Å²) in [6, 6.07) is 8.15. The van der Waals surface area contributed by atoms with Crippen molar-refractivity contribution >= 4 is 34.0 Å². The first-order chi connectivity index (χ1) is 18.9. The normalized spacial score (nSPS) is 16.4. The Morgan fingerprint density at radius 1 is 1.13 bits per heavy atom. The van der Waals surface area contributed by atoms with Gasteiger partial charge < -0.3 is 25.1 Å². The van der Waals surface area contributed by atoms with Crippen LogP contribution in [0.5, 0.6) is 0 Å². The second kappa shape index (κ2) is 10.6. The number of pyridine rings is 1. The highest BCUT2D eigenvalue weighted by Crippen LogP contribution is 2.31. The van der Waals surface area contributed by atoms with Crippen LogP contribution in [-0.2, 0) is 13.0 Å². The van der Waals surface area contributed by atoms with Gasteiger partial charge in [-0.25, -0.2) is 4.98 Å². The minimum Gasteiger partial charge on any atom is -0.381 e. The third kappa shape index (κ3) is 5.25. The van der Waals surface area contributed by atoms with Crippen LogP contribution in [0.2, 0.25) is 0 Å². The predicted molar refractivity (Wildman–Crippen MR) is 158 cm³/mol. The van der Waals surface area contributed by atoms with Gasteiger partial charge in [0.1, 0.15) is 11.4 Å². The lowest BCUT2D eigenvalue weighted by Crippen LogP contribution is -2.29. The zero-order valence-electron chi connectivity index (χ0n) is 22.9. The number of anilines is 1. The van der Waals surface area contributed by atoms with Crippen molar-refractivity contribution in [2.75, 3.05) is 31.5 Å². The van der Waals surface area contributed by atoms with Crippen LogP contribution in [0.25, 0.3) is 22.4 Å². The Kier molecular flexibility index (Phi) is 7.03. The molecule has 6 rings (SSSR count). The average molecular weight is 545 g/mol. The maximum absolute atomic E-state index is 13.2. The average Bonchev–Trinajstić information content (AvgIpc) is 3.67. The lowest BCUT2D eigenvalue weighted by Gasteiger charge is -2.19. The molecule has 4 aromatic rings. The van der Waals surface area contributed by atoms with Crippen LogP contribution in [0.3, 0.4) is 0 Å². The number of benzene rings is 1. The van der Waals surface area contributed by atoms with Gasteiger partial charge in [0, 0.05) is 47.1 Å². The fraction of sp³-hybridized carbons (Fsp3) is 0.433. The van der Waals surface area contributed by atoms with Gasteiger partial charge in [-0.05, 0) is 95.1 Å². The van der Waals surface area contributed by atoms with Crippen LogP contribution in [0.4, 0.5) is 5.69 Å². The van der Waals surface area contributed by atoms with E-state index in [9.17, 15) is 9.59 Å². The quantitative estimate of drug-likeness (QED) is 0.273. The zero-order valence-corrected chi connectivity index (χ0v) is 23.7. The summed E-state index contributed by atoms with van der Waals surface area (Å²) in [5.41, 5.74) is 5.59. The van der Waals surface area contributed by atoms with Crippen LogP contribution in [0.1, 0.15) is 57.4 Å². The van der Waals surface area contributed by atoms with E-state index >= 15 is 0 Å². The van der Waals surface area contributed by atoms with Crippen molar-refractivity contribution in [2.45, 2.75) is 59.0 Å². The van der Waals surface area contributed by atoms with Crippen molar-refractivity contribution in [3.05, 3.63) is 67.3 Å². The molecule has 3 aromatic heterocycles. The number of H-pyrrole nitrogens is 2. The summed E-state index contributed by atoms with van der Waals surface area (Å²) in [5, 5.41) is 3.53. The van der Waals surface area contributed by atoms with Crippen molar-refractivity contribution < 1.29 is 4.79 Å². The van der Waals surface area contributed by atoms with E-state index in [2.05, 4.69) is 47.0 Å². The van der Waals surface area contributed by atoms with Crippen LogP contribution in [-0.4, -0.2) is 62.9 Å². The number of thiophene rings is 1. The molecule has 1 atom stereocenters. The maximum Gasteiger partial charge on any atom is 0.261 e. The molecule has 1 amide bonds. The molecule has 0 bridgehead atoms. The van der Waals surface area contributed by atoms with E-state index in [-0.39, 0.29) is 17.5 Å². The van der Waals surface area contributed by atoms with Crippen LogP contribution in [0.15, 0.2) is 35.3 Å². The number of nitrogens with one attached hydrogen (secondary N) is 3. The fourth-order valence-electron chi connectivity index (χ4n) is 5.87. The molecule has 5 heterocycles. The fourth-order valence-corrected chi connectivity index (χ4v) is 7.05. The number of hydrogen-bond donors (Lipinski definition) is 3. The second-order valence-electron chi connectivity index (χ2n) is 11.0. The van der Waals surface area contributed by atoms with Crippen LogP contribution < -0.4 is 10.9 Å². The number of aromatic nitrogens is 3. The molecule has 8 nitrogen and oxygen atoms in total. The number of aryl methyl sites for hydroxylation is 2. The third-order valence-corrected chi connectivity index (χ3v) is 9.19. The van der Waals surface area contributed by atoms with Crippen molar-refractivity contribution in [3.63, 3.8) is 0 Å². The molecule has 1 fully saturated rings. The Labute approximate surface area is 232 Å². The number of carbonyl (C=O) groups excluding carboxylic acids is 1. The Balaban J connectivity index is 1.20. The number of likely N-dealkylation sites (tertiary alicyclic amines) is 1. The molecule has 1 unspecified atom stereocenters. The second-order valence-corrected chi connectivity index (χ2v) is 12.4. The number of nitrogens with zero attached hydrogens (tertiary/aromatic N) is 3. The minimum absolute atomic E-state index is 0.0747. The molecule has 0 aliphatic carbocycles. The van der Waals surface area contributed by atoms with Crippen molar-refractivity contribution in [3.8, 4) is 11.4 Å². The minimum atomic E-state index is -0.207. The van der Waals surface area contributed by atoms with Gasteiger partial charge in [0.25, 0.3) is 11.5 Å². The zero-order chi connectivity index (χ0) is 27.1. The molecule has 0 spiro atoms. The van der Waals surface area contributed by atoms with Crippen molar-refractivity contribution in [2.24, 2.45) is 0 Å². The largest absolute Gasteiger partial charge is 0.381 e. The van der Waals surface area contributed by atoms with Gasteiger partial charge in [-0.3, -0.25) is 9.59 Å². The highest BCUT2D eigenvalue weighted by molar-refractivity contribution is 7.12. The van der Waals surface area contributed by atoms with E-state index in [0.29, 0.717) is 23.4 Å². The number of aromatic amines is 2. The highest BCUT2D eigenvalue weighted by atomic mass is 32.1. The molecule has 1 saturated heterocycles. The molecular weight excluding hydrogens is 508 g/mol. The first-order valence-corrected chi connectivity index (χ1v) is 14.8. The molecule has 0 radical (unpaired) electrons. The summed E-state index contributed by atoms with van der Waals surface area (Å²) in [6.07, 6.45) is 6.10. The number of fused-ring (bicyclic) bond motifs is 2. The van der Waals surface area contributed by atoms with Crippen LogP contribution in [0, 0.1) is 13.8 Å². The van der Waals surface area contributed by atoms with Crippen molar-refractivity contribution in [1.29, 1.82) is 0 Å². The van der Waals surface area contributed by atoms with Gasteiger partial charge in [0.2, 0.25) is 0 Å². The van der Waals surface area contributed by atoms with E-state index in [0.717, 1.165) is 48.3 Å². The van der Waals surface area contributed by atoms with E-state index in [1.165, 1.54) is 41.2 Å². The lowest BCUT2D eigenvalue weighted by molar-refractivity contribution is 0.0772. The molecule has 39 heavy (non-hydrogen) atoms. The first kappa shape index (κ1) is 25.8. The molecule has 1 aromatic carbocycles. The summed E-state index contributed by atoms with van der Waals surface area (Å²) in [7, 11) is 0. The van der Waals surface area contributed by atoms with Crippen LogP contribution >= 0.6 is 11.3 Å². The number of imidazole rings is 1. The summed E-state index contributed by atoms with van der Waals surface area (Å²) in [6.45, 7) is 11.2. The van der Waals surface area contributed by atoms with E-state index in [4.69, 9.17) is 4.98 Å². The molecule has 9 heteroatoms. The van der Waals surface area contributed by atoms with Crippen molar-refractivity contribution in [1.82, 2.24) is 24.8 Å². The topological polar surface area (TPSA) is 97.1 Å². The molecule has 2 aliphatic rings. The molecule has 2 aliphatic heterocycles. The Bertz CT molecular complexity index is 1560. The number of carbonyl (C=O) groups is 1. The first-order valence-electron chi connectivity index (χ1n) is 13.9. The summed E-state index contributed by atoms with van der Waals surface area (Å²) in [4.78, 5) is 44.2. The van der Waals surface area contributed by atoms with E-state index in [1.807, 2.05) is 34.4 Å². The number of hydrogen-bond acceptors (Lipinski definition) is 6. The van der Waals surface area contributed by atoms with Gasteiger partial charge in [-0.1, -0.05) is 0 Å². The Hall–Kier alpha value is -3.43. The predicted octanol–water partition coefficient (Wildman–Crippen LogP) is 5.08. The monoisotopic (exact) mass is 544 g/mol. The van der Waals surface area contributed by atoms with Gasteiger partial charge in [-0.2, -0.15) is 0 Å². The van der Waals surface area contributed by atoms with Gasteiger partial charge >= 0.3 is 0 Å². The third-order valence-electron chi connectivity index (χ3n) is 8.01. The summed E-state index contributed by atoms with van der Waals surface area (Å²) < 4.78 is 0. The standard InChI is InChI=1S/C30H36N6O2S/c1-18-13-22(39-20(18)3)14-19(2)32-24-7-8-31-29(37)27(24)28-33-25-15-21-17-36(12-6-11-35-9-4-5-10-35)30(38)23(21)16-26(25)34-28/h7-8,13,15-16,19H,4-6,9-12,14,17H2,1-3H3,(H,33,34)(H2,31,32,37). The number of amides is 1. The highest BCUT2D eigenvalue weighted by Gasteiger charge is 2.28. The lowest BCUT2D eigenvalue weighted by atomic mass is 10.1. The Morgan fingerprint density at radius 3 is 2.72 bits per heavy atom. The summed E-state index contributed by atoms with van der Waals surface area (Å²) in [5.74, 6) is 0.577. The van der Waals surface area contributed by atoms with Gasteiger partial charge in [-0.15, -0.1) is 11.3 Å². The smallest absolute Gasteiger partial charge is 0.261 e. The van der Waals surface area contributed by atoms with Gasteiger partial charge in [0.05, 0.1) is 16.7 Å². The number of rotatable bonds is 9. The maximum atomic E-state index is 13.2. The SMILES string of the molecule is Cc1cc(CC(C)Nc2cc[nH]c(=O)c2-c2nc3cc4c(cc3[nH]2)CN(CCCN2CCCC2)C4=O)sc1C. The molecule has 3 N–H and O–H groups in total. The summed E-state index contributed by atoms with van der Waals surface area (Å²) >= 11 is 1.82. The van der Waals surface area contributed by atoms with E-state index in [1.54, 1.807) is 6.20 Å². The van der Waals surface area contributed by atoms with Gasteiger partial charge in [0.15, 0.2) is 0 Å². The molecular formula is C30H36N6O2S.